The molecule has 2 atom stereocenters. The van der Waals surface area contributed by atoms with Gasteiger partial charge in [-0.05, 0) is 18.2 Å². The number of carbonyl (C=O) groups is 2. The zero-order valence-corrected chi connectivity index (χ0v) is 14.5. The van der Waals surface area contributed by atoms with Crippen molar-refractivity contribution in [3.63, 3.8) is 0 Å². The van der Waals surface area contributed by atoms with E-state index >= 15 is 0 Å². The third-order valence-corrected chi connectivity index (χ3v) is 4.45. The normalized spacial score (nSPS) is 21.0. The van der Waals surface area contributed by atoms with Gasteiger partial charge < -0.3 is 9.47 Å². The van der Waals surface area contributed by atoms with Gasteiger partial charge in [-0.2, -0.15) is 5.11 Å². The van der Waals surface area contributed by atoms with E-state index in [2.05, 4.69) is 10.3 Å². The van der Waals surface area contributed by atoms with Crippen LogP contribution in [0.1, 0.15) is 0 Å². The van der Waals surface area contributed by atoms with Crippen LogP contribution in [0.4, 0.5) is 15.8 Å². The Hall–Kier alpha value is -3.49. The topological polar surface area (TPSA) is 83.8 Å². The summed E-state index contributed by atoms with van der Waals surface area (Å²) < 4.78 is 24.0. The molecule has 0 radical (unpaired) electrons. The van der Waals surface area contributed by atoms with Crippen molar-refractivity contribution < 1.29 is 23.5 Å². The summed E-state index contributed by atoms with van der Waals surface area (Å²) in [4.78, 5) is 26.6. The minimum atomic E-state index is -0.988. The maximum atomic E-state index is 13.5. The van der Waals surface area contributed by atoms with Gasteiger partial charge in [-0.15, -0.1) is 0 Å². The average molecular weight is 370 g/mol. The van der Waals surface area contributed by atoms with Crippen LogP contribution in [0.2, 0.25) is 0 Å². The summed E-state index contributed by atoms with van der Waals surface area (Å²) in [5.41, 5.74) is 0.655. The van der Waals surface area contributed by atoms with Gasteiger partial charge in [0.25, 0.3) is 11.8 Å². The van der Waals surface area contributed by atoms with Crippen LogP contribution in [-0.2, 0) is 9.59 Å². The van der Waals surface area contributed by atoms with Gasteiger partial charge in [0.15, 0.2) is 12.1 Å². The van der Waals surface area contributed by atoms with Crippen LogP contribution >= 0.6 is 0 Å². The van der Waals surface area contributed by atoms with Crippen LogP contribution < -0.4 is 19.4 Å². The minimum absolute atomic E-state index is 0.165. The third kappa shape index (κ3) is 2.67. The molecule has 138 valence electrons. The Morgan fingerprint density at radius 2 is 1.67 bits per heavy atom. The van der Waals surface area contributed by atoms with Gasteiger partial charge in [0, 0.05) is 18.2 Å². The Balaban J connectivity index is 1.72. The van der Waals surface area contributed by atoms with Crippen molar-refractivity contribution in [2.45, 2.75) is 12.1 Å². The smallest absolute Gasteiger partial charge is 0.263 e. The van der Waals surface area contributed by atoms with Crippen molar-refractivity contribution in [1.29, 1.82) is 0 Å². The standard InChI is InChI=1S/C18H15FN4O4/c1-26-13-7-12(8-14(9-13)27-2)23-16-15(20-21-23)17(24)22(18(16)25)11-5-3-4-10(19)6-11/h3-9,15-16H,1-2H3/t15-,16-/m0/s1. The largest absolute Gasteiger partial charge is 0.497 e. The molecule has 1 fully saturated rings. The molecule has 2 aromatic rings. The van der Waals surface area contributed by atoms with E-state index in [0.29, 0.717) is 17.2 Å². The van der Waals surface area contributed by atoms with Crippen molar-refractivity contribution in [1.82, 2.24) is 0 Å². The van der Waals surface area contributed by atoms with E-state index in [1.807, 2.05) is 0 Å². The molecule has 2 aliphatic heterocycles. The second-order valence-electron chi connectivity index (χ2n) is 6.00. The van der Waals surface area contributed by atoms with Gasteiger partial charge in [0.05, 0.1) is 25.6 Å². The number of ether oxygens (including phenoxy) is 2. The van der Waals surface area contributed by atoms with Gasteiger partial charge >= 0.3 is 0 Å². The maximum Gasteiger partial charge on any atom is 0.263 e. The second-order valence-corrected chi connectivity index (χ2v) is 6.00. The number of fused-ring (bicyclic) bond motifs is 1. The number of methoxy groups -OCH3 is 2. The van der Waals surface area contributed by atoms with E-state index in [1.54, 1.807) is 18.2 Å². The summed E-state index contributed by atoms with van der Waals surface area (Å²) >= 11 is 0. The molecule has 0 aliphatic carbocycles. The highest BCUT2D eigenvalue weighted by atomic mass is 19.1. The van der Waals surface area contributed by atoms with Crippen LogP contribution in [0, 0.1) is 5.82 Å². The summed E-state index contributed by atoms with van der Waals surface area (Å²) in [5.74, 6) is -0.608. The Kier molecular flexibility index (Phi) is 3.98. The van der Waals surface area contributed by atoms with E-state index in [1.165, 1.54) is 37.4 Å². The SMILES string of the molecule is COc1cc(OC)cc(N2N=N[C@@H]3C(=O)N(c4cccc(F)c4)C(=O)[C@H]32)c1. The summed E-state index contributed by atoms with van der Waals surface area (Å²) in [5, 5.41) is 9.31. The fraction of sp³-hybridized carbons (Fsp3) is 0.222. The van der Waals surface area contributed by atoms with Crippen LogP contribution in [0.5, 0.6) is 11.5 Å². The lowest BCUT2D eigenvalue weighted by Crippen LogP contribution is -2.40. The lowest BCUT2D eigenvalue weighted by molar-refractivity contribution is -0.121. The highest BCUT2D eigenvalue weighted by Crippen LogP contribution is 2.37. The lowest BCUT2D eigenvalue weighted by atomic mass is 10.1. The summed E-state index contributed by atoms with van der Waals surface area (Å²) in [6.45, 7) is 0. The molecule has 0 N–H and O–H groups in total. The number of carbonyl (C=O) groups excluding carboxylic acids is 2. The summed E-state index contributed by atoms with van der Waals surface area (Å²) in [6.07, 6.45) is 0. The van der Waals surface area contributed by atoms with Crippen molar-refractivity contribution in [2.75, 3.05) is 24.1 Å². The average Bonchev–Trinajstić information content (AvgIpc) is 3.21. The van der Waals surface area contributed by atoms with Crippen molar-refractivity contribution >= 4 is 23.2 Å². The zero-order chi connectivity index (χ0) is 19.1. The molecule has 1 saturated heterocycles. The Morgan fingerprint density at radius 1 is 0.963 bits per heavy atom. The number of nitrogens with zero attached hydrogens (tertiary/aromatic N) is 4. The van der Waals surface area contributed by atoms with E-state index in [9.17, 15) is 14.0 Å². The van der Waals surface area contributed by atoms with E-state index < -0.39 is 29.7 Å². The van der Waals surface area contributed by atoms with Gasteiger partial charge in [-0.3, -0.25) is 9.59 Å². The molecule has 2 aliphatic rings. The van der Waals surface area contributed by atoms with Crippen LogP contribution in [0.15, 0.2) is 52.8 Å². The Morgan fingerprint density at radius 3 is 2.30 bits per heavy atom. The lowest BCUT2D eigenvalue weighted by Gasteiger charge is -2.21. The molecule has 0 bridgehead atoms. The highest BCUT2D eigenvalue weighted by molar-refractivity contribution is 6.26. The number of imide groups is 1. The Labute approximate surface area is 153 Å². The second kappa shape index (κ2) is 6.35. The fourth-order valence-electron chi connectivity index (χ4n) is 3.17. The molecule has 2 amide bonds. The number of hydrogen-bond donors (Lipinski definition) is 0. The van der Waals surface area contributed by atoms with Crippen LogP contribution in [-0.4, -0.2) is 38.1 Å². The quantitative estimate of drug-likeness (QED) is 0.772. The zero-order valence-electron chi connectivity index (χ0n) is 14.5. The molecule has 0 unspecified atom stereocenters. The van der Waals surface area contributed by atoms with Crippen molar-refractivity contribution in [3.8, 4) is 11.5 Å². The molecule has 4 rings (SSSR count). The van der Waals surface area contributed by atoms with Crippen LogP contribution in [0.25, 0.3) is 0 Å². The number of hydrogen-bond acceptors (Lipinski definition) is 7. The number of rotatable bonds is 4. The molecule has 2 heterocycles. The van der Waals surface area contributed by atoms with Gasteiger partial charge in [0.1, 0.15) is 17.3 Å². The molecule has 0 spiro atoms. The first-order valence-corrected chi connectivity index (χ1v) is 8.10. The van der Waals surface area contributed by atoms with Gasteiger partial charge in [0.2, 0.25) is 0 Å². The first-order valence-electron chi connectivity index (χ1n) is 8.10. The number of benzene rings is 2. The predicted molar refractivity (Wildman–Crippen MR) is 93.4 cm³/mol. The molecular weight excluding hydrogens is 355 g/mol. The molecule has 2 aromatic carbocycles. The van der Waals surface area contributed by atoms with E-state index in [4.69, 9.17) is 9.47 Å². The van der Waals surface area contributed by atoms with E-state index in [-0.39, 0.29) is 5.69 Å². The molecule has 27 heavy (non-hydrogen) atoms. The fourth-order valence-corrected chi connectivity index (χ4v) is 3.17. The number of anilines is 2. The third-order valence-electron chi connectivity index (χ3n) is 4.45. The minimum Gasteiger partial charge on any atom is -0.497 e. The first kappa shape index (κ1) is 17.0. The van der Waals surface area contributed by atoms with Crippen molar-refractivity contribution in [2.24, 2.45) is 10.3 Å². The number of halogens is 1. The molecule has 0 saturated carbocycles. The molecule has 8 nitrogen and oxygen atoms in total. The number of amides is 2. The van der Waals surface area contributed by atoms with Gasteiger partial charge in [-0.25, -0.2) is 14.3 Å². The summed E-state index contributed by atoms with van der Waals surface area (Å²) in [7, 11) is 3.01. The molecule has 9 heteroatoms. The monoisotopic (exact) mass is 370 g/mol. The Bertz CT molecular complexity index is 942. The highest BCUT2D eigenvalue weighted by Gasteiger charge is 2.55. The maximum absolute atomic E-state index is 13.5. The molecular formula is C18H15FN4O4. The summed E-state index contributed by atoms with van der Waals surface area (Å²) in [6, 6.07) is 8.36. The van der Waals surface area contributed by atoms with Gasteiger partial charge in [-0.1, -0.05) is 11.3 Å². The molecule has 0 aromatic heterocycles. The predicted octanol–water partition coefficient (Wildman–Crippen LogP) is 2.34. The van der Waals surface area contributed by atoms with Crippen LogP contribution in [0.3, 0.4) is 0 Å². The van der Waals surface area contributed by atoms with Crippen molar-refractivity contribution in [3.05, 3.63) is 48.3 Å². The first-order chi connectivity index (χ1) is 13.0. The van der Waals surface area contributed by atoms with E-state index in [0.717, 1.165) is 11.0 Å².